The van der Waals surface area contributed by atoms with Crippen molar-refractivity contribution in [2.75, 3.05) is 18.0 Å². The van der Waals surface area contributed by atoms with E-state index in [0.29, 0.717) is 37.1 Å². The van der Waals surface area contributed by atoms with Crippen LogP contribution in [0.25, 0.3) is 0 Å². The van der Waals surface area contributed by atoms with Gasteiger partial charge in [-0.15, -0.1) is 0 Å². The van der Waals surface area contributed by atoms with Crippen molar-refractivity contribution in [3.05, 3.63) is 65.2 Å². The SMILES string of the molecule is Cc1ccc(N(CCCCN2C(=O)c3ccccc3C2=O)C(=O)C(C)C)cc1. The smallest absolute Gasteiger partial charge is 0.261 e. The Balaban J connectivity index is 1.61. The van der Waals surface area contributed by atoms with Gasteiger partial charge in [0.25, 0.3) is 11.8 Å². The number of hydrogen-bond acceptors (Lipinski definition) is 3. The van der Waals surface area contributed by atoms with E-state index >= 15 is 0 Å². The zero-order valence-corrected chi connectivity index (χ0v) is 16.6. The maximum atomic E-state index is 12.6. The molecule has 0 saturated carbocycles. The van der Waals surface area contributed by atoms with E-state index < -0.39 is 0 Å². The predicted molar refractivity (Wildman–Crippen MR) is 109 cm³/mol. The molecule has 0 atom stereocenters. The number of hydrogen-bond donors (Lipinski definition) is 0. The third-order valence-corrected chi connectivity index (χ3v) is 5.00. The van der Waals surface area contributed by atoms with Crippen LogP contribution in [0.2, 0.25) is 0 Å². The summed E-state index contributed by atoms with van der Waals surface area (Å²) in [5.41, 5.74) is 2.98. The third-order valence-electron chi connectivity index (χ3n) is 5.00. The highest BCUT2D eigenvalue weighted by Gasteiger charge is 2.34. The lowest BCUT2D eigenvalue weighted by molar-refractivity contribution is -0.121. The summed E-state index contributed by atoms with van der Waals surface area (Å²) in [5, 5.41) is 0. The predicted octanol–water partition coefficient (Wildman–Crippen LogP) is 4.06. The van der Waals surface area contributed by atoms with Gasteiger partial charge < -0.3 is 4.90 Å². The number of fused-ring (bicyclic) bond motifs is 1. The van der Waals surface area contributed by atoms with E-state index in [2.05, 4.69) is 0 Å². The van der Waals surface area contributed by atoms with Gasteiger partial charge in [0.15, 0.2) is 0 Å². The van der Waals surface area contributed by atoms with E-state index in [1.54, 1.807) is 29.2 Å². The summed E-state index contributed by atoms with van der Waals surface area (Å²) in [6, 6.07) is 14.8. The first-order valence-corrected chi connectivity index (χ1v) is 9.73. The fraction of sp³-hybridized carbons (Fsp3) is 0.348. The second-order valence-corrected chi connectivity index (χ2v) is 7.49. The van der Waals surface area contributed by atoms with Gasteiger partial charge >= 0.3 is 0 Å². The lowest BCUT2D eigenvalue weighted by Crippen LogP contribution is -2.36. The van der Waals surface area contributed by atoms with Crippen LogP contribution >= 0.6 is 0 Å². The molecule has 5 heteroatoms. The molecule has 146 valence electrons. The minimum absolute atomic E-state index is 0.0737. The molecular formula is C23H26N2O3. The molecule has 0 unspecified atom stereocenters. The highest BCUT2D eigenvalue weighted by Crippen LogP contribution is 2.23. The number of rotatable bonds is 7. The first-order valence-electron chi connectivity index (χ1n) is 9.73. The summed E-state index contributed by atoms with van der Waals surface area (Å²) in [7, 11) is 0. The second kappa shape index (κ2) is 8.38. The van der Waals surface area contributed by atoms with Gasteiger partial charge in [0.2, 0.25) is 5.91 Å². The number of carbonyl (C=O) groups excluding carboxylic acids is 3. The number of carbonyl (C=O) groups is 3. The molecule has 0 aromatic heterocycles. The normalized spacial score (nSPS) is 13.2. The van der Waals surface area contributed by atoms with Crippen molar-refractivity contribution in [2.45, 2.75) is 33.6 Å². The summed E-state index contributed by atoms with van der Waals surface area (Å²) in [6.45, 7) is 6.72. The number of amides is 3. The van der Waals surface area contributed by atoms with Crippen molar-refractivity contribution in [1.82, 2.24) is 4.90 Å². The van der Waals surface area contributed by atoms with Gasteiger partial charge in [0.1, 0.15) is 0 Å². The van der Waals surface area contributed by atoms with E-state index in [-0.39, 0.29) is 23.6 Å². The standard InChI is InChI=1S/C23H26N2O3/c1-16(2)21(26)24(18-12-10-17(3)11-13-18)14-6-7-15-25-22(27)19-8-4-5-9-20(19)23(25)28/h4-5,8-13,16H,6-7,14-15H2,1-3H3. The highest BCUT2D eigenvalue weighted by atomic mass is 16.2. The molecule has 1 aliphatic rings. The summed E-state index contributed by atoms with van der Waals surface area (Å²) < 4.78 is 0. The molecule has 28 heavy (non-hydrogen) atoms. The lowest BCUT2D eigenvalue weighted by Gasteiger charge is -2.25. The molecule has 2 aromatic rings. The monoisotopic (exact) mass is 378 g/mol. The number of imide groups is 1. The van der Waals surface area contributed by atoms with Crippen molar-refractivity contribution in [3.8, 4) is 0 Å². The topological polar surface area (TPSA) is 57.7 Å². The molecule has 0 spiro atoms. The van der Waals surface area contributed by atoms with E-state index in [1.807, 2.05) is 45.0 Å². The summed E-state index contributed by atoms with van der Waals surface area (Å²) in [5.74, 6) is -0.481. The van der Waals surface area contributed by atoms with Crippen LogP contribution in [-0.4, -0.2) is 35.7 Å². The molecule has 0 aliphatic carbocycles. The van der Waals surface area contributed by atoms with Crippen LogP contribution < -0.4 is 4.90 Å². The summed E-state index contributed by atoms with van der Waals surface area (Å²) in [6.07, 6.45) is 1.36. The van der Waals surface area contributed by atoms with Crippen molar-refractivity contribution in [2.24, 2.45) is 5.92 Å². The van der Waals surface area contributed by atoms with Crippen LogP contribution in [0.1, 0.15) is 53.0 Å². The quantitative estimate of drug-likeness (QED) is 0.539. The molecule has 1 aliphatic heterocycles. The van der Waals surface area contributed by atoms with Crippen molar-refractivity contribution in [1.29, 1.82) is 0 Å². The maximum absolute atomic E-state index is 12.6. The van der Waals surface area contributed by atoms with Crippen LogP contribution in [0.15, 0.2) is 48.5 Å². The fourth-order valence-corrected chi connectivity index (χ4v) is 3.38. The van der Waals surface area contributed by atoms with Crippen molar-refractivity contribution >= 4 is 23.4 Å². The minimum Gasteiger partial charge on any atom is -0.312 e. The van der Waals surface area contributed by atoms with Crippen LogP contribution in [0.5, 0.6) is 0 Å². The molecular weight excluding hydrogens is 352 g/mol. The Morgan fingerprint density at radius 2 is 1.50 bits per heavy atom. The Labute approximate surface area is 166 Å². The molecule has 5 nitrogen and oxygen atoms in total. The Morgan fingerprint density at radius 3 is 2.04 bits per heavy atom. The van der Waals surface area contributed by atoms with Gasteiger partial charge in [-0.1, -0.05) is 43.7 Å². The largest absolute Gasteiger partial charge is 0.312 e. The first kappa shape index (κ1) is 19.8. The van der Waals surface area contributed by atoms with E-state index in [4.69, 9.17) is 0 Å². The molecule has 3 amide bonds. The molecule has 0 N–H and O–H groups in total. The average Bonchev–Trinajstić information content (AvgIpc) is 2.93. The van der Waals surface area contributed by atoms with E-state index in [9.17, 15) is 14.4 Å². The average molecular weight is 378 g/mol. The van der Waals surface area contributed by atoms with Gasteiger partial charge in [-0.05, 0) is 44.0 Å². The molecule has 1 heterocycles. The Kier molecular flexibility index (Phi) is 5.93. The summed E-state index contributed by atoms with van der Waals surface area (Å²) in [4.78, 5) is 40.6. The van der Waals surface area contributed by atoms with Crippen LogP contribution in [0, 0.1) is 12.8 Å². The van der Waals surface area contributed by atoms with E-state index in [0.717, 1.165) is 11.3 Å². The number of benzene rings is 2. The Bertz CT molecular complexity index is 852. The van der Waals surface area contributed by atoms with Gasteiger partial charge in [0, 0.05) is 24.7 Å². The van der Waals surface area contributed by atoms with Gasteiger partial charge in [-0.3, -0.25) is 19.3 Å². The van der Waals surface area contributed by atoms with Crippen LogP contribution in [-0.2, 0) is 4.79 Å². The Morgan fingerprint density at radius 1 is 0.929 bits per heavy atom. The highest BCUT2D eigenvalue weighted by molar-refractivity contribution is 6.21. The Hall–Kier alpha value is -2.95. The third kappa shape index (κ3) is 3.98. The fourth-order valence-electron chi connectivity index (χ4n) is 3.38. The minimum atomic E-state index is -0.228. The molecule has 0 radical (unpaired) electrons. The lowest BCUT2D eigenvalue weighted by atomic mass is 10.1. The van der Waals surface area contributed by atoms with E-state index in [1.165, 1.54) is 4.90 Å². The number of unbranched alkanes of at least 4 members (excludes halogenated alkanes) is 1. The van der Waals surface area contributed by atoms with Gasteiger partial charge in [0.05, 0.1) is 11.1 Å². The molecule has 2 aromatic carbocycles. The molecule has 0 saturated heterocycles. The maximum Gasteiger partial charge on any atom is 0.261 e. The van der Waals surface area contributed by atoms with Crippen molar-refractivity contribution in [3.63, 3.8) is 0 Å². The van der Waals surface area contributed by atoms with Gasteiger partial charge in [-0.25, -0.2) is 0 Å². The number of aryl methyl sites for hydroxylation is 1. The molecule has 3 rings (SSSR count). The van der Waals surface area contributed by atoms with Crippen LogP contribution in [0.3, 0.4) is 0 Å². The zero-order chi connectivity index (χ0) is 20.3. The number of anilines is 1. The van der Waals surface area contributed by atoms with Crippen LogP contribution in [0.4, 0.5) is 5.69 Å². The summed E-state index contributed by atoms with van der Waals surface area (Å²) >= 11 is 0. The molecule has 0 bridgehead atoms. The zero-order valence-electron chi connectivity index (χ0n) is 16.6. The number of nitrogens with zero attached hydrogens (tertiary/aromatic N) is 2. The first-order chi connectivity index (χ1) is 13.4. The second-order valence-electron chi connectivity index (χ2n) is 7.49. The molecule has 0 fully saturated rings. The van der Waals surface area contributed by atoms with Gasteiger partial charge in [-0.2, -0.15) is 0 Å². The van der Waals surface area contributed by atoms with Crippen molar-refractivity contribution < 1.29 is 14.4 Å².